The van der Waals surface area contributed by atoms with Crippen molar-refractivity contribution in [3.63, 3.8) is 0 Å². The van der Waals surface area contributed by atoms with E-state index in [0.29, 0.717) is 0 Å². The second-order valence-electron chi connectivity index (χ2n) is 5.51. The van der Waals surface area contributed by atoms with E-state index in [0.717, 1.165) is 39.3 Å². The molecule has 1 heterocycles. The van der Waals surface area contributed by atoms with E-state index in [2.05, 4.69) is 22.4 Å². The molecule has 1 aromatic heterocycles. The van der Waals surface area contributed by atoms with Crippen molar-refractivity contribution < 1.29 is 9.18 Å². The van der Waals surface area contributed by atoms with Crippen LogP contribution >= 0.6 is 34.9 Å². The van der Waals surface area contributed by atoms with Crippen molar-refractivity contribution >= 4 is 40.8 Å². The van der Waals surface area contributed by atoms with E-state index in [9.17, 15) is 9.18 Å². The fourth-order valence-electron chi connectivity index (χ4n) is 2.01. The molecule has 2 aromatic rings. The van der Waals surface area contributed by atoms with Crippen molar-refractivity contribution in [1.82, 2.24) is 15.5 Å². The van der Waals surface area contributed by atoms with E-state index >= 15 is 0 Å². The Labute approximate surface area is 153 Å². The Morgan fingerprint density at radius 1 is 1.33 bits per heavy atom. The van der Waals surface area contributed by atoms with Crippen LogP contribution in [-0.2, 0) is 4.79 Å². The van der Waals surface area contributed by atoms with Crippen molar-refractivity contribution in [2.24, 2.45) is 0 Å². The van der Waals surface area contributed by atoms with E-state index in [4.69, 9.17) is 0 Å². The third-order valence-electron chi connectivity index (χ3n) is 3.37. The molecule has 1 aliphatic rings. The Morgan fingerprint density at radius 2 is 2.04 bits per heavy atom. The molecular weight excluding hydrogens is 365 g/mol. The third-order valence-corrected chi connectivity index (χ3v) is 6.97. The molecule has 1 N–H and O–H groups in total. The lowest BCUT2D eigenvalue weighted by molar-refractivity contribution is -0.120. The van der Waals surface area contributed by atoms with Gasteiger partial charge in [0.2, 0.25) is 5.91 Å². The quantitative estimate of drug-likeness (QED) is 0.689. The molecule has 1 atom stereocenters. The number of nitrogens with zero attached hydrogens (tertiary/aromatic N) is 2. The molecule has 0 spiro atoms. The molecule has 1 aromatic carbocycles. The second kappa shape index (κ2) is 8.31. The van der Waals surface area contributed by atoms with Crippen LogP contribution < -0.4 is 5.32 Å². The average Bonchev–Trinajstić information content (AvgIpc) is 3.28. The number of benzene rings is 1. The summed E-state index contributed by atoms with van der Waals surface area (Å²) >= 11 is 4.55. The molecule has 1 amide bonds. The molecule has 8 heteroatoms. The van der Waals surface area contributed by atoms with E-state index in [1.165, 1.54) is 35.2 Å². The van der Waals surface area contributed by atoms with Gasteiger partial charge in [-0.15, -0.1) is 10.2 Å². The lowest BCUT2D eigenvalue weighted by Gasteiger charge is -2.15. The lowest BCUT2D eigenvalue weighted by atomic mass is 10.1. The molecule has 1 aliphatic carbocycles. The molecule has 0 aliphatic heterocycles. The van der Waals surface area contributed by atoms with Crippen molar-refractivity contribution in [2.75, 3.05) is 5.75 Å². The Morgan fingerprint density at radius 3 is 2.71 bits per heavy atom. The summed E-state index contributed by atoms with van der Waals surface area (Å²) in [6.45, 7) is 2.12. The van der Waals surface area contributed by atoms with Crippen molar-refractivity contribution in [3.05, 3.63) is 35.6 Å². The fraction of sp³-hybridized carbons (Fsp3) is 0.438. The Kier molecular flexibility index (Phi) is 6.13. The molecular formula is C16H18FN3OS3. The minimum absolute atomic E-state index is 0.0490. The number of nitrogens with one attached hydrogen (secondary N) is 1. The standard InChI is InChI=1S/C16H18FN3OS3/c1-2-9-22-15-19-20-16(24-15)23-13(14(21)18-12-7-8-12)10-3-5-11(17)6-4-10/h3-6,12-13H,2,7-9H2,1H3,(H,18,21). The molecule has 24 heavy (non-hydrogen) atoms. The molecule has 0 bridgehead atoms. The van der Waals surface area contributed by atoms with Gasteiger partial charge in [-0.1, -0.05) is 53.9 Å². The normalized spacial score (nSPS) is 15.2. The highest BCUT2D eigenvalue weighted by Crippen LogP contribution is 2.39. The van der Waals surface area contributed by atoms with Crippen LogP contribution in [0.3, 0.4) is 0 Å². The summed E-state index contributed by atoms with van der Waals surface area (Å²) in [6.07, 6.45) is 3.14. The maximum absolute atomic E-state index is 13.2. The van der Waals surface area contributed by atoms with Crippen molar-refractivity contribution in [1.29, 1.82) is 0 Å². The van der Waals surface area contributed by atoms with Gasteiger partial charge < -0.3 is 5.32 Å². The first-order chi connectivity index (χ1) is 11.7. The highest BCUT2D eigenvalue weighted by Gasteiger charge is 2.30. The van der Waals surface area contributed by atoms with Gasteiger partial charge >= 0.3 is 0 Å². The van der Waals surface area contributed by atoms with Gasteiger partial charge in [-0.25, -0.2) is 4.39 Å². The smallest absolute Gasteiger partial charge is 0.238 e. The first-order valence-electron chi connectivity index (χ1n) is 7.84. The van der Waals surface area contributed by atoms with Crippen LogP contribution in [0.4, 0.5) is 4.39 Å². The minimum Gasteiger partial charge on any atom is -0.352 e. The van der Waals surface area contributed by atoms with Gasteiger partial charge in [0.1, 0.15) is 11.1 Å². The maximum atomic E-state index is 13.2. The van der Waals surface area contributed by atoms with Gasteiger partial charge in [0, 0.05) is 11.8 Å². The number of halogens is 1. The van der Waals surface area contributed by atoms with E-state index in [1.807, 2.05) is 0 Å². The Bertz CT molecular complexity index is 688. The number of amides is 1. The van der Waals surface area contributed by atoms with Gasteiger partial charge in [-0.2, -0.15) is 0 Å². The molecule has 4 nitrogen and oxygen atoms in total. The zero-order valence-electron chi connectivity index (χ0n) is 13.2. The highest BCUT2D eigenvalue weighted by molar-refractivity contribution is 8.03. The molecule has 128 valence electrons. The van der Waals surface area contributed by atoms with Gasteiger partial charge in [0.05, 0.1) is 0 Å². The number of carbonyl (C=O) groups excluding carboxylic acids is 1. The molecule has 3 rings (SSSR count). The van der Waals surface area contributed by atoms with Crippen molar-refractivity contribution in [2.45, 2.75) is 46.2 Å². The average molecular weight is 384 g/mol. The topological polar surface area (TPSA) is 54.9 Å². The second-order valence-corrected chi connectivity index (χ2v) is 9.19. The van der Waals surface area contributed by atoms with Crippen LogP contribution in [0.25, 0.3) is 0 Å². The van der Waals surface area contributed by atoms with Crippen LogP contribution in [0.2, 0.25) is 0 Å². The first kappa shape index (κ1) is 17.7. The largest absolute Gasteiger partial charge is 0.352 e. The summed E-state index contributed by atoms with van der Waals surface area (Å²) in [5.41, 5.74) is 0.775. The zero-order chi connectivity index (χ0) is 16.9. The van der Waals surface area contributed by atoms with Crippen molar-refractivity contribution in [3.8, 4) is 0 Å². The molecule has 0 radical (unpaired) electrons. The van der Waals surface area contributed by atoms with Crippen LogP contribution in [0.1, 0.15) is 37.0 Å². The van der Waals surface area contributed by atoms with Gasteiger partial charge in [0.15, 0.2) is 8.68 Å². The van der Waals surface area contributed by atoms with Crippen LogP contribution in [0.15, 0.2) is 32.9 Å². The SMILES string of the molecule is CCCSc1nnc(SC(C(=O)NC2CC2)c2ccc(F)cc2)s1. The van der Waals surface area contributed by atoms with Crippen LogP contribution in [0, 0.1) is 5.82 Å². The van der Waals surface area contributed by atoms with Gasteiger partial charge in [-0.3, -0.25) is 4.79 Å². The first-order valence-corrected chi connectivity index (χ1v) is 10.5. The van der Waals surface area contributed by atoms with Crippen LogP contribution in [-0.4, -0.2) is 27.9 Å². The van der Waals surface area contributed by atoms with Crippen LogP contribution in [0.5, 0.6) is 0 Å². The number of hydrogen-bond acceptors (Lipinski definition) is 6. The third kappa shape index (κ3) is 4.94. The lowest BCUT2D eigenvalue weighted by Crippen LogP contribution is -2.29. The predicted octanol–water partition coefficient (Wildman–Crippen LogP) is 4.29. The Balaban J connectivity index is 1.74. The molecule has 1 saturated carbocycles. The predicted molar refractivity (Wildman–Crippen MR) is 97.1 cm³/mol. The molecule has 0 saturated heterocycles. The summed E-state index contributed by atoms with van der Waals surface area (Å²) in [6, 6.07) is 6.37. The highest BCUT2D eigenvalue weighted by atomic mass is 32.2. The maximum Gasteiger partial charge on any atom is 0.238 e. The van der Waals surface area contributed by atoms with Gasteiger partial charge in [0.25, 0.3) is 0 Å². The van der Waals surface area contributed by atoms with E-state index < -0.39 is 5.25 Å². The van der Waals surface area contributed by atoms with Gasteiger partial charge in [-0.05, 0) is 37.0 Å². The van der Waals surface area contributed by atoms with E-state index in [1.54, 1.807) is 23.9 Å². The summed E-state index contributed by atoms with van der Waals surface area (Å²) < 4.78 is 14.9. The number of hydrogen-bond donors (Lipinski definition) is 1. The number of carbonyl (C=O) groups is 1. The summed E-state index contributed by atoms with van der Waals surface area (Å²) in [5, 5.41) is 10.9. The summed E-state index contributed by atoms with van der Waals surface area (Å²) in [4.78, 5) is 12.6. The Hall–Kier alpha value is -1.12. The monoisotopic (exact) mass is 383 g/mol. The van der Waals surface area contributed by atoms with E-state index in [-0.39, 0.29) is 17.8 Å². The number of thioether (sulfide) groups is 2. The molecule has 1 unspecified atom stereocenters. The summed E-state index contributed by atoms with van der Waals surface area (Å²) in [7, 11) is 0. The fourth-order valence-corrected chi connectivity index (χ4v) is 5.15. The summed E-state index contributed by atoms with van der Waals surface area (Å²) in [5.74, 6) is 0.648. The number of rotatable bonds is 8. The molecule has 1 fully saturated rings. The number of aromatic nitrogens is 2. The minimum atomic E-state index is -0.442. The zero-order valence-corrected chi connectivity index (χ0v) is 15.6.